The molecular weight excluding hydrogens is 317 g/mol. The van der Waals surface area contributed by atoms with Crippen LogP contribution in [0.5, 0.6) is 0 Å². The van der Waals surface area contributed by atoms with Crippen molar-refractivity contribution in [3.63, 3.8) is 0 Å². The summed E-state index contributed by atoms with van der Waals surface area (Å²) in [6, 6.07) is 5.90. The average molecular weight is 336 g/mol. The molecule has 0 unspecified atom stereocenters. The number of thioether (sulfide) groups is 1. The van der Waals surface area contributed by atoms with Crippen LogP contribution in [0.1, 0.15) is 20.8 Å². The SMILES string of the molecule is CC(C)(C)OC(=O)NCCNc1ccc(SC(F)(F)F)cc1. The summed E-state index contributed by atoms with van der Waals surface area (Å²) in [7, 11) is 0. The highest BCUT2D eigenvalue weighted by Gasteiger charge is 2.28. The molecule has 0 radical (unpaired) electrons. The molecule has 0 aromatic heterocycles. The highest BCUT2D eigenvalue weighted by Crippen LogP contribution is 2.36. The number of nitrogens with one attached hydrogen (secondary N) is 2. The van der Waals surface area contributed by atoms with Crippen LogP contribution in [0.3, 0.4) is 0 Å². The molecule has 0 saturated heterocycles. The monoisotopic (exact) mass is 336 g/mol. The Morgan fingerprint density at radius 2 is 1.73 bits per heavy atom. The molecule has 22 heavy (non-hydrogen) atoms. The van der Waals surface area contributed by atoms with Crippen molar-refractivity contribution in [3.8, 4) is 0 Å². The lowest BCUT2D eigenvalue weighted by Gasteiger charge is -2.19. The molecule has 0 fully saturated rings. The van der Waals surface area contributed by atoms with Crippen molar-refractivity contribution in [2.75, 3.05) is 18.4 Å². The summed E-state index contributed by atoms with van der Waals surface area (Å²) >= 11 is -0.154. The van der Waals surface area contributed by atoms with Crippen molar-refractivity contribution in [2.45, 2.75) is 36.8 Å². The Morgan fingerprint density at radius 3 is 2.23 bits per heavy atom. The van der Waals surface area contributed by atoms with Gasteiger partial charge in [-0.1, -0.05) is 0 Å². The largest absolute Gasteiger partial charge is 0.446 e. The lowest BCUT2D eigenvalue weighted by atomic mass is 10.2. The Labute approximate surface area is 131 Å². The number of alkyl halides is 3. The van der Waals surface area contributed by atoms with E-state index < -0.39 is 17.2 Å². The zero-order valence-corrected chi connectivity index (χ0v) is 13.4. The van der Waals surface area contributed by atoms with Crippen molar-refractivity contribution in [1.82, 2.24) is 5.32 Å². The first kappa shape index (κ1) is 18.5. The lowest BCUT2D eigenvalue weighted by Crippen LogP contribution is -2.34. The molecule has 1 aromatic rings. The quantitative estimate of drug-likeness (QED) is 0.624. The fraction of sp³-hybridized carbons (Fsp3) is 0.500. The second kappa shape index (κ2) is 7.62. The second-order valence-electron chi connectivity index (χ2n) is 5.43. The van der Waals surface area contributed by atoms with Crippen LogP contribution in [0.25, 0.3) is 0 Å². The van der Waals surface area contributed by atoms with E-state index in [1.807, 2.05) is 0 Å². The minimum absolute atomic E-state index is 0.130. The number of ether oxygens (including phenoxy) is 1. The third-order valence-corrected chi connectivity index (χ3v) is 2.95. The van der Waals surface area contributed by atoms with Crippen LogP contribution in [0, 0.1) is 0 Å². The molecule has 1 rings (SSSR count). The van der Waals surface area contributed by atoms with Gasteiger partial charge in [0.2, 0.25) is 0 Å². The molecule has 1 aromatic carbocycles. The minimum Gasteiger partial charge on any atom is -0.444 e. The van der Waals surface area contributed by atoms with E-state index in [2.05, 4.69) is 10.6 Å². The maximum atomic E-state index is 12.2. The fourth-order valence-corrected chi connectivity index (χ4v) is 2.00. The predicted octanol–water partition coefficient (Wildman–Crippen LogP) is 4.24. The number of hydrogen-bond donors (Lipinski definition) is 2. The van der Waals surface area contributed by atoms with Crippen LogP contribution in [0.4, 0.5) is 23.7 Å². The van der Waals surface area contributed by atoms with E-state index >= 15 is 0 Å². The maximum Gasteiger partial charge on any atom is 0.446 e. The Kier molecular flexibility index (Phi) is 6.40. The van der Waals surface area contributed by atoms with E-state index in [9.17, 15) is 18.0 Å². The van der Waals surface area contributed by atoms with Crippen molar-refractivity contribution in [1.29, 1.82) is 0 Å². The first-order valence-corrected chi connectivity index (χ1v) is 7.43. The molecule has 0 aliphatic rings. The van der Waals surface area contributed by atoms with Crippen LogP contribution < -0.4 is 10.6 Å². The van der Waals surface area contributed by atoms with E-state index in [1.165, 1.54) is 12.1 Å². The third kappa shape index (κ3) is 8.66. The molecule has 2 N–H and O–H groups in total. The summed E-state index contributed by atoms with van der Waals surface area (Å²) in [6.45, 7) is 6.08. The van der Waals surface area contributed by atoms with E-state index in [0.717, 1.165) is 0 Å². The van der Waals surface area contributed by atoms with E-state index in [4.69, 9.17) is 4.74 Å². The molecule has 0 bridgehead atoms. The van der Waals surface area contributed by atoms with Crippen LogP contribution in [-0.4, -0.2) is 30.3 Å². The number of alkyl carbamates (subject to hydrolysis) is 1. The van der Waals surface area contributed by atoms with Crippen molar-refractivity contribution < 1.29 is 22.7 Å². The van der Waals surface area contributed by atoms with Gasteiger partial charge in [-0.2, -0.15) is 13.2 Å². The summed E-state index contributed by atoms with van der Waals surface area (Å²) < 4.78 is 41.6. The molecule has 0 aliphatic carbocycles. The standard InChI is InChI=1S/C14H19F3N2O2S/c1-13(2,3)21-12(20)19-9-8-18-10-4-6-11(7-5-10)22-14(15,16)17/h4-7,18H,8-9H2,1-3H3,(H,19,20). The van der Waals surface area contributed by atoms with Crippen molar-refractivity contribution >= 4 is 23.5 Å². The summed E-state index contributed by atoms with van der Waals surface area (Å²) in [4.78, 5) is 11.5. The van der Waals surface area contributed by atoms with Gasteiger partial charge in [-0.05, 0) is 56.8 Å². The lowest BCUT2D eigenvalue weighted by molar-refractivity contribution is -0.0328. The first-order valence-electron chi connectivity index (χ1n) is 6.62. The van der Waals surface area contributed by atoms with E-state index in [0.29, 0.717) is 18.8 Å². The Morgan fingerprint density at radius 1 is 1.14 bits per heavy atom. The molecule has 0 atom stereocenters. The molecule has 0 aliphatic heterocycles. The predicted molar refractivity (Wildman–Crippen MR) is 81.1 cm³/mol. The smallest absolute Gasteiger partial charge is 0.444 e. The van der Waals surface area contributed by atoms with Gasteiger partial charge in [-0.3, -0.25) is 0 Å². The molecule has 4 nitrogen and oxygen atoms in total. The highest BCUT2D eigenvalue weighted by atomic mass is 32.2. The van der Waals surface area contributed by atoms with Gasteiger partial charge >= 0.3 is 11.6 Å². The van der Waals surface area contributed by atoms with Gasteiger partial charge in [0.1, 0.15) is 5.60 Å². The number of rotatable bonds is 5. The molecule has 8 heteroatoms. The Balaban J connectivity index is 2.30. The Bertz CT molecular complexity index is 484. The van der Waals surface area contributed by atoms with Crippen molar-refractivity contribution in [3.05, 3.63) is 24.3 Å². The fourth-order valence-electron chi connectivity index (χ4n) is 1.46. The van der Waals surface area contributed by atoms with Gasteiger partial charge < -0.3 is 15.4 Å². The van der Waals surface area contributed by atoms with Gasteiger partial charge in [0, 0.05) is 23.7 Å². The number of anilines is 1. The second-order valence-corrected chi connectivity index (χ2v) is 6.57. The van der Waals surface area contributed by atoms with Gasteiger partial charge in [0.25, 0.3) is 0 Å². The normalized spacial score (nSPS) is 11.9. The molecule has 1 amide bonds. The summed E-state index contributed by atoms with van der Waals surface area (Å²) in [5.41, 5.74) is -4.16. The number of benzene rings is 1. The van der Waals surface area contributed by atoms with Gasteiger partial charge in [0.15, 0.2) is 0 Å². The van der Waals surface area contributed by atoms with E-state index in [1.54, 1.807) is 32.9 Å². The van der Waals surface area contributed by atoms with Crippen LogP contribution in [-0.2, 0) is 4.74 Å². The Hall–Kier alpha value is -1.57. The maximum absolute atomic E-state index is 12.2. The zero-order valence-electron chi connectivity index (χ0n) is 12.6. The average Bonchev–Trinajstić information content (AvgIpc) is 2.32. The summed E-state index contributed by atoms with van der Waals surface area (Å²) in [6.07, 6.45) is -0.508. The van der Waals surface area contributed by atoms with Gasteiger partial charge in [-0.15, -0.1) is 0 Å². The molecule has 124 valence electrons. The van der Waals surface area contributed by atoms with Gasteiger partial charge in [0.05, 0.1) is 0 Å². The van der Waals surface area contributed by atoms with Crippen LogP contribution in [0.2, 0.25) is 0 Å². The zero-order chi connectivity index (χ0) is 16.8. The third-order valence-electron chi connectivity index (χ3n) is 2.21. The van der Waals surface area contributed by atoms with Crippen LogP contribution >= 0.6 is 11.8 Å². The number of hydrogen-bond acceptors (Lipinski definition) is 4. The topological polar surface area (TPSA) is 50.4 Å². The first-order chi connectivity index (χ1) is 10.1. The summed E-state index contributed by atoms with van der Waals surface area (Å²) in [5.74, 6) is 0. The summed E-state index contributed by atoms with van der Waals surface area (Å²) in [5, 5.41) is 5.57. The van der Waals surface area contributed by atoms with Gasteiger partial charge in [-0.25, -0.2) is 4.79 Å². The number of carbonyl (C=O) groups is 1. The number of halogens is 3. The van der Waals surface area contributed by atoms with E-state index in [-0.39, 0.29) is 16.7 Å². The molecular formula is C14H19F3N2O2S. The number of carbonyl (C=O) groups excluding carboxylic acids is 1. The van der Waals surface area contributed by atoms with Crippen LogP contribution in [0.15, 0.2) is 29.2 Å². The molecule has 0 spiro atoms. The molecule has 0 saturated carbocycles. The molecule has 0 heterocycles. The highest BCUT2D eigenvalue weighted by molar-refractivity contribution is 8.00. The number of amides is 1. The minimum atomic E-state index is -4.29. The van der Waals surface area contributed by atoms with Crippen molar-refractivity contribution in [2.24, 2.45) is 0 Å².